The number of H-pyrrole nitrogens is 1. The Morgan fingerprint density at radius 1 is 1.00 bits per heavy atom. The molecule has 29 heavy (non-hydrogen) atoms. The zero-order valence-corrected chi connectivity index (χ0v) is 16.3. The Kier molecular flexibility index (Phi) is 4.87. The molecule has 0 amide bonds. The van der Waals surface area contributed by atoms with Crippen molar-refractivity contribution in [2.75, 3.05) is 32.8 Å². The van der Waals surface area contributed by atoms with Crippen LogP contribution < -0.4 is 5.56 Å². The van der Waals surface area contributed by atoms with Crippen LogP contribution >= 0.6 is 0 Å². The van der Waals surface area contributed by atoms with Gasteiger partial charge in [0, 0.05) is 37.1 Å². The van der Waals surface area contributed by atoms with Gasteiger partial charge in [0.1, 0.15) is 0 Å². The molecule has 0 radical (unpaired) electrons. The largest absolute Gasteiger partial charge is 0.379 e. The molecule has 6 heteroatoms. The molecule has 148 valence electrons. The summed E-state index contributed by atoms with van der Waals surface area (Å²) >= 11 is 0. The topological polar surface area (TPSA) is 63.2 Å². The predicted molar refractivity (Wildman–Crippen MR) is 115 cm³/mol. The number of aromatic amines is 1. The highest BCUT2D eigenvalue weighted by Crippen LogP contribution is 2.26. The van der Waals surface area contributed by atoms with E-state index in [0.717, 1.165) is 73.4 Å². The van der Waals surface area contributed by atoms with Gasteiger partial charge in [0.15, 0.2) is 5.69 Å². The number of hydrogen-bond donors (Lipinski definition) is 1. The Bertz CT molecular complexity index is 1200. The SMILES string of the molecule is O=c1[nH]c2ccccc2nc1-c1cc2ccccc2n1CCCN1CCOCC1. The second-order valence-electron chi connectivity index (χ2n) is 7.48. The number of rotatable bonds is 5. The van der Waals surface area contributed by atoms with Crippen molar-refractivity contribution in [3.8, 4) is 11.4 Å². The predicted octanol–water partition coefficient (Wildman–Crippen LogP) is 3.27. The van der Waals surface area contributed by atoms with Crippen molar-refractivity contribution >= 4 is 21.9 Å². The fourth-order valence-electron chi connectivity index (χ4n) is 4.13. The minimum atomic E-state index is -0.152. The van der Waals surface area contributed by atoms with Crippen LogP contribution in [0.15, 0.2) is 59.4 Å². The molecule has 0 unspecified atom stereocenters. The molecule has 1 aliphatic rings. The monoisotopic (exact) mass is 388 g/mol. The molecular formula is C23H24N4O2. The smallest absolute Gasteiger partial charge is 0.276 e. The van der Waals surface area contributed by atoms with Gasteiger partial charge >= 0.3 is 0 Å². The van der Waals surface area contributed by atoms with Gasteiger partial charge in [-0.3, -0.25) is 9.69 Å². The highest BCUT2D eigenvalue weighted by Gasteiger charge is 2.16. The first-order valence-electron chi connectivity index (χ1n) is 10.2. The van der Waals surface area contributed by atoms with Crippen LogP contribution in [0.2, 0.25) is 0 Å². The van der Waals surface area contributed by atoms with Crippen molar-refractivity contribution in [3.05, 3.63) is 65.0 Å². The third-order valence-corrected chi connectivity index (χ3v) is 5.61. The highest BCUT2D eigenvalue weighted by atomic mass is 16.5. The number of para-hydroxylation sites is 3. The van der Waals surface area contributed by atoms with E-state index in [1.54, 1.807) is 0 Å². The van der Waals surface area contributed by atoms with Gasteiger partial charge in [-0.05, 0) is 30.7 Å². The molecule has 1 aliphatic heterocycles. The standard InChI is InChI=1S/C23H24N4O2/c28-23-22(24-18-7-2-3-8-19(18)25-23)21-16-17-6-1-4-9-20(17)27(21)11-5-10-26-12-14-29-15-13-26/h1-4,6-9,16H,5,10-15H2,(H,25,28). The van der Waals surface area contributed by atoms with Crippen LogP contribution in [0, 0.1) is 0 Å². The lowest BCUT2D eigenvalue weighted by molar-refractivity contribution is 0.0370. The first-order chi connectivity index (χ1) is 14.3. The van der Waals surface area contributed by atoms with Crippen molar-refractivity contribution in [1.82, 2.24) is 19.4 Å². The average Bonchev–Trinajstić information content (AvgIpc) is 3.12. The van der Waals surface area contributed by atoms with Gasteiger partial charge in [-0.1, -0.05) is 30.3 Å². The summed E-state index contributed by atoms with van der Waals surface area (Å²) in [7, 11) is 0. The summed E-state index contributed by atoms with van der Waals surface area (Å²) in [5.41, 5.74) is 3.90. The van der Waals surface area contributed by atoms with Crippen molar-refractivity contribution < 1.29 is 4.74 Å². The Labute approximate surface area is 168 Å². The molecule has 6 nitrogen and oxygen atoms in total. The summed E-state index contributed by atoms with van der Waals surface area (Å²) in [6.07, 6.45) is 1.01. The van der Waals surface area contributed by atoms with Gasteiger partial charge < -0.3 is 14.3 Å². The zero-order chi connectivity index (χ0) is 19.6. The quantitative estimate of drug-likeness (QED) is 0.570. The van der Waals surface area contributed by atoms with Crippen molar-refractivity contribution in [1.29, 1.82) is 0 Å². The van der Waals surface area contributed by atoms with Crippen LogP contribution in [-0.4, -0.2) is 52.3 Å². The van der Waals surface area contributed by atoms with Crippen LogP contribution in [0.25, 0.3) is 33.3 Å². The first-order valence-corrected chi connectivity index (χ1v) is 10.2. The molecule has 0 saturated carbocycles. The summed E-state index contributed by atoms with van der Waals surface area (Å²) in [5, 5.41) is 1.13. The molecule has 2 aromatic carbocycles. The van der Waals surface area contributed by atoms with Crippen LogP contribution in [0.3, 0.4) is 0 Å². The van der Waals surface area contributed by atoms with E-state index in [4.69, 9.17) is 9.72 Å². The Balaban J connectivity index is 1.52. The second kappa shape index (κ2) is 7.81. The third kappa shape index (κ3) is 3.57. The molecule has 2 aromatic heterocycles. The average molecular weight is 388 g/mol. The number of hydrogen-bond acceptors (Lipinski definition) is 4. The lowest BCUT2D eigenvalue weighted by Crippen LogP contribution is -2.37. The Morgan fingerprint density at radius 3 is 2.69 bits per heavy atom. The molecule has 5 rings (SSSR count). The van der Waals surface area contributed by atoms with Crippen molar-refractivity contribution in [2.45, 2.75) is 13.0 Å². The summed E-state index contributed by atoms with van der Waals surface area (Å²) in [6.45, 7) is 5.48. The fraction of sp³-hybridized carbons (Fsp3) is 0.304. The van der Waals surface area contributed by atoms with Gasteiger partial charge in [-0.2, -0.15) is 0 Å². The highest BCUT2D eigenvalue weighted by molar-refractivity contribution is 5.87. The number of morpholine rings is 1. The number of benzene rings is 2. The number of aryl methyl sites for hydroxylation is 1. The molecule has 1 N–H and O–H groups in total. The molecule has 1 saturated heterocycles. The molecule has 0 aliphatic carbocycles. The molecule has 3 heterocycles. The van der Waals surface area contributed by atoms with E-state index in [2.05, 4.69) is 32.7 Å². The molecule has 4 aromatic rings. The summed E-state index contributed by atoms with van der Waals surface area (Å²) < 4.78 is 7.68. The maximum atomic E-state index is 12.8. The number of ether oxygens (including phenoxy) is 1. The maximum absolute atomic E-state index is 12.8. The van der Waals surface area contributed by atoms with Crippen LogP contribution in [0.1, 0.15) is 6.42 Å². The van der Waals surface area contributed by atoms with Crippen molar-refractivity contribution in [2.24, 2.45) is 0 Å². The molecular weight excluding hydrogens is 364 g/mol. The van der Waals surface area contributed by atoms with E-state index in [1.807, 2.05) is 36.4 Å². The molecule has 0 bridgehead atoms. The zero-order valence-electron chi connectivity index (χ0n) is 16.3. The molecule has 1 fully saturated rings. The fourth-order valence-corrected chi connectivity index (χ4v) is 4.13. The summed E-state index contributed by atoms with van der Waals surface area (Å²) in [5.74, 6) is 0. The molecule has 0 atom stereocenters. The van der Waals surface area contributed by atoms with Crippen molar-refractivity contribution in [3.63, 3.8) is 0 Å². The normalized spacial score (nSPS) is 15.3. The first kappa shape index (κ1) is 18.1. The minimum Gasteiger partial charge on any atom is -0.379 e. The lowest BCUT2D eigenvalue weighted by Gasteiger charge is -2.26. The van der Waals surface area contributed by atoms with E-state index < -0.39 is 0 Å². The molecule has 0 spiro atoms. The Hall–Kier alpha value is -2.96. The Morgan fingerprint density at radius 2 is 1.79 bits per heavy atom. The number of aromatic nitrogens is 3. The second-order valence-corrected chi connectivity index (χ2v) is 7.48. The summed E-state index contributed by atoms with van der Waals surface area (Å²) in [4.78, 5) is 23.0. The van der Waals surface area contributed by atoms with Gasteiger partial charge in [0.2, 0.25) is 0 Å². The number of nitrogens with zero attached hydrogens (tertiary/aromatic N) is 3. The van der Waals surface area contributed by atoms with Crippen LogP contribution in [0.5, 0.6) is 0 Å². The third-order valence-electron chi connectivity index (χ3n) is 5.61. The van der Waals surface area contributed by atoms with E-state index >= 15 is 0 Å². The minimum absolute atomic E-state index is 0.152. The van der Waals surface area contributed by atoms with Crippen LogP contribution in [-0.2, 0) is 11.3 Å². The summed E-state index contributed by atoms with van der Waals surface area (Å²) in [6, 6.07) is 18.0. The van der Waals surface area contributed by atoms with Gasteiger partial charge in [0.25, 0.3) is 5.56 Å². The van der Waals surface area contributed by atoms with Gasteiger partial charge in [0.05, 0.1) is 29.9 Å². The van der Waals surface area contributed by atoms with Gasteiger partial charge in [-0.25, -0.2) is 4.98 Å². The number of nitrogens with one attached hydrogen (secondary N) is 1. The van der Waals surface area contributed by atoms with E-state index in [1.165, 1.54) is 0 Å². The van der Waals surface area contributed by atoms with Gasteiger partial charge in [-0.15, -0.1) is 0 Å². The van der Waals surface area contributed by atoms with E-state index in [-0.39, 0.29) is 5.56 Å². The lowest BCUT2D eigenvalue weighted by atomic mass is 10.2. The van der Waals surface area contributed by atoms with Crippen LogP contribution in [0.4, 0.5) is 0 Å². The number of fused-ring (bicyclic) bond motifs is 2. The van der Waals surface area contributed by atoms with E-state index in [0.29, 0.717) is 5.69 Å². The van der Waals surface area contributed by atoms with E-state index in [9.17, 15) is 4.79 Å². The maximum Gasteiger partial charge on any atom is 0.276 e.